The van der Waals surface area contributed by atoms with E-state index in [0.29, 0.717) is 9.77 Å². The summed E-state index contributed by atoms with van der Waals surface area (Å²) in [5.41, 5.74) is 0.839. The first kappa shape index (κ1) is 14.5. The van der Waals surface area contributed by atoms with Gasteiger partial charge in [0.05, 0.1) is 11.3 Å². The van der Waals surface area contributed by atoms with Crippen molar-refractivity contribution in [2.75, 3.05) is 5.75 Å². The first-order valence-electron chi connectivity index (χ1n) is 6.10. The molecule has 0 fully saturated rings. The minimum atomic E-state index is -3.24. The Morgan fingerprint density at radius 3 is 2.90 bits per heavy atom. The van der Waals surface area contributed by atoms with E-state index in [-0.39, 0.29) is 22.9 Å². The van der Waals surface area contributed by atoms with Crippen LogP contribution in [0, 0.1) is 0 Å². The van der Waals surface area contributed by atoms with E-state index in [1.54, 1.807) is 11.4 Å². The third-order valence-corrected chi connectivity index (χ3v) is 6.72. The molecule has 1 aliphatic rings. The molecule has 3 rings (SSSR count). The molecular formula is C13H10ClNO4S2. The number of nitrogens with zero attached hydrogens (tertiary/aromatic N) is 1. The predicted molar refractivity (Wildman–Crippen MR) is 78.4 cm³/mol. The standard InChI is InChI=1S/C13H10ClNO4S2/c14-11-2-1-8(7-15-11)12(16)19-10-4-6-21(17,18)13-9(10)3-5-20-13/h1-3,5,7,10H,4,6H2/t10-/m1/s1. The number of halogens is 1. The molecule has 0 aliphatic carbocycles. The Morgan fingerprint density at radius 1 is 1.38 bits per heavy atom. The maximum atomic E-state index is 12.1. The van der Waals surface area contributed by atoms with Crippen LogP contribution in [0.25, 0.3) is 0 Å². The Kier molecular flexibility index (Phi) is 3.73. The van der Waals surface area contributed by atoms with Gasteiger partial charge < -0.3 is 4.74 Å². The summed E-state index contributed by atoms with van der Waals surface area (Å²) in [6.45, 7) is 0. The molecule has 3 heterocycles. The van der Waals surface area contributed by atoms with Gasteiger partial charge >= 0.3 is 5.97 Å². The molecule has 0 bridgehead atoms. The van der Waals surface area contributed by atoms with E-state index in [4.69, 9.17) is 16.3 Å². The molecule has 0 radical (unpaired) electrons. The highest BCUT2D eigenvalue weighted by atomic mass is 35.5. The van der Waals surface area contributed by atoms with Crippen LogP contribution < -0.4 is 0 Å². The number of carbonyl (C=O) groups is 1. The molecular weight excluding hydrogens is 334 g/mol. The summed E-state index contributed by atoms with van der Waals surface area (Å²) in [6.07, 6.45) is 1.05. The molecule has 2 aromatic heterocycles. The van der Waals surface area contributed by atoms with Crippen molar-refractivity contribution in [1.82, 2.24) is 4.98 Å². The molecule has 1 aliphatic heterocycles. The highest BCUT2D eigenvalue weighted by molar-refractivity contribution is 7.93. The molecule has 0 N–H and O–H groups in total. The number of rotatable bonds is 2. The highest BCUT2D eigenvalue weighted by Crippen LogP contribution is 2.38. The summed E-state index contributed by atoms with van der Waals surface area (Å²) in [7, 11) is -3.24. The fourth-order valence-electron chi connectivity index (χ4n) is 2.12. The largest absolute Gasteiger partial charge is 0.454 e. The molecule has 21 heavy (non-hydrogen) atoms. The number of thiophene rings is 1. The van der Waals surface area contributed by atoms with Crippen LogP contribution in [0.5, 0.6) is 0 Å². The fourth-order valence-corrected chi connectivity index (χ4v) is 5.18. The van der Waals surface area contributed by atoms with Gasteiger partial charge in [-0.2, -0.15) is 0 Å². The number of carbonyl (C=O) groups excluding carboxylic acids is 1. The molecule has 0 saturated carbocycles. The SMILES string of the molecule is O=C(O[C@@H]1CCS(=O)(=O)c2sccc21)c1ccc(Cl)nc1. The van der Waals surface area contributed by atoms with Crippen LogP contribution in [0.4, 0.5) is 0 Å². The summed E-state index contributed by atoms with van der Waals surface area (Å²) in [4.78, 5) is 15.9. The number of pyridine rings is 1. The molecule has 0 unspecified atom stereocenters. The fraction of sp³-hybridized carbons (Fsp3) is 0.231. The molecule has 0 saturated heterocycles. The van der Waals surface area contributed by atoms with Crippen molar-refractivity contribution in [3.63, 3.8) is 0 Å². The van der Waals surface area contributed by atoms with Gasteiger partial charge in [0.25, 0.3) is 0 Å². The third-order valence-electron chi connectivity index (χ3n) is 3.15. The summed E-state index contributed by atoms with van der Waals surface area (Å²) in [6, 6.07) is 4.71. The lowest BCUT2D eigenvalue weighted by Crippen LogP contribution is -2.22. The van der Waals surface area contributed by atoms with Crippen LogP contribution >= 0.6 is 22.9 Å². The van der Waals surface area contributed by atoms with E-state index in [9.17, 15) is 13.2 Å². The van der Waals surface area contributed by atoms with Crippen molar-refractivity contribution < 1.29 is 17.9 Å². The van der Waals surface area contributed by atoms with Gasteiger partial charge in [0, 0.05) is 18.2 Å². The van der Waals surface area contributed by atoms with Crippen molar-refractivity contribution in [3.8, 4) is 0 Å². The first-order chi connectivity index (χ1) is 9.97. The second kappa shape index (κ2) is 5.40. The molecule has 5 nitrogen and oxygen atoms in total. The molecule has 1 atom stereocenters. The molecule has 8 heteroatoms. The zero-order valence-electron chi connectivity index (χ0n) is 10.7. The first-order valence-corrected chi connectivity index (χ1v) is 9.01. The Labute approximate surface area is 130 Å². The van der Waals surface area contributed by atoms with Gasteiger partial charge in [0.1, 0.15) is 15.5 Å². The van der Waals surface area contributed by atoms with E-state index < -0.39 is 21.9 Å². The number of fused-ring (bicyclic) bond motifs is 1. The number of esters is 1. The lowest BCUT2D eigenvalue weighted by Gasteiger charge is -2.22. The van der Waals surface area contributed by atoms with Gasteiger partial charge in [0.2, 0.25) is 0 Å². The average Bonchev–Trinajstić information content (AvgIpc) is 2.94. The quantitative estimate of drug-likeness (QED) is 0.619. The summed E-state index contributed by atoms with van der Waals surface area (Å²) in [5.74, 6) is -0.558. The van der Waals surface area contributed by atoms with E-state index >= 15 is 0 Å². The summed E-state index contributed by atoms with van der Waals surface area (Å²) < 4.78 is 29.5. The van der Waals surface area contributed by atoms with Crippen LogP contribution in [-0.4, -0.2) is 25.1 Å². The van der Waals surface area contributed by atoms with Crippen molar-refractivity contribution in [1.29, 1.82) is 0 Å². The third kappa shape index (κ3) is 2.81. The number of hydrogen-bond donors (Lipinski definition) is 0. The van der Waals surface area contributed by atoms with Crippen molar-refractivity contribution in [2.24, 2.45) is 0 Å². The van der Waals surface area contributed by atoms with E-state index in [1.165, 1.54) is 18.3 Å². The van der Waals surface area contributed by atoms with Crippen LogP contribution in [0.3, 0.4) is 0 Å². The second-order valence-electron chi connectivity index (χ2n) is 4.53. The molecule has 0 spiro atoms. The Bertz CT molecular complexity index is 783. The highest BCUT2D eigenvalue weighted by Gasteiger charge is 2.33. The van der Waals surface area contributed by atoms with Gasteiger partial charge in [-0.1, -0.05) is 11.6 Å². The zero-order chi connectivity index (χ0) is 15.0. The van der Waals surface area contributed by atoms with E-state index in [2.05, 4.69) is 4.98 Å². The van der Waals surface area contributed by atoms with Crippen LogP contribution in [-0.2, 0) is 14.6 Å². The van der Waals surface area contributed by atoms with Crippen molar-refractivity contribution in [2.45, 2.75) is 16.7 Å². The zero-order valence-corrected chi connectivity index (χ0v) is 13.0. The number of ether oxygens (including phenoxy) is 1. The van der Waals surface area contributed by atoms with Crippen LogP contribution in [0.15, 0.2) is 34.0 Å². The Hall–Kier alpha value is -1.44. The van der Waals surface area contributed by atoms with Crippen molar-refractivity contribution in [3.05, 3.63) is 46.1 Å². The smallest absolute Gasteiger partial charge is 0.340 e. The molecule has 0 amide bonds. The van der Waals surface area contributed by atoms with Gasteiger partial charge in [-0.25, -0.2) is 18.2 Å². The maximum absolute atomic E-state index is 12.1. The van der Waals surface area contributed by atoms with Crippen LogP contribution in [0.1, 0.15) is 28.4 Å². The molecule has 110 valence electrons. The minimum Gasteiger partial charge on any atom is -0.454 e. The lowest BCUT2D eigenvalue weighted by atomic mass is 10.1. The number of hydrogen-bond acceptors (Lipinski definition) is 6. The number of aromatic nitrogens is 1. The van der Waals surface area contributed by atoms with Gasteiger partial charge in [0.15, 0.2) is 9.84 Å². The summed E-state index contributed by atoms with van der Waals surface area (Å²) in [5, 5.41) is 1.98. The maximum Gasteiger partial charge on any atom is 0.340 e. The topological polar surface area (TPSA) is 73.3 Å². The monoisotopic (exact) mass is 343 g/mol. The number of sulfone groups is 1. The predicted octanol–water partition coefficient (Wildman–Crippen LogP) is 2.87. The summed E-state index contributed by atoms with van der Waals surface area (Å²) >= 11 is 6.82. The lowest BCUT2D eigenvalue weighted by molar-refractivity contribution is 0.0279. The van der Waals surface area contributed by atoms with Gasteiger partial charge in [-0.15, -0.1) is 11.3 Å². The Morgan fingerprint density at radius 2 is 2.19 bits per heavy atom. The van der Waals surface area contributed by atoms with Crippen LogP contribution in [0.2, 0.25) is 5.15 Å². The van der Waals surface area contributed by atoms with Crippen molar-refractivity contribution >= 4 is 38.7 Å². The van der Waals surface area contributed by atoms with E-state index in [1.807, 2.05) is 0 Å². The van der Waals surface area contributed by atoms with Gasteiger partial charge in [-0.3, -0.25) is 0 Å². The second-order valence-corrected chi connectivity index (χ2v) is 8.14. The average molecular weight is 344 g/mol. The minimum absolute atomic E-state index is 0.0165. The normalized spacial score (nSPS) is 19.8. The van der Waals surface area contributed by atoms with E-state index in [0.717, 1.165) is 11.3 Å². The molecule has 2 aromatic rings. The van der Waals surface area contributed by atoms with Gasteiger partial charge in [-0.05, 0) is 23.6 Å². The Balaban J connectivity index is 1.84. The molecule has 0 aromatic carbocycles.